The average molecular weight is 254 g/mol. The van der Waals surface area contributed by atoms with Gasteiger partial charge in [-0.1, -0.05) is 23.8 Å². The zero-order chi connectivity index (χ0) is 12.4. The Labute approximate surface area is 105 Å². The fourth-order valence-electron chi connectivity index (χ4n) is 1.54. The molecular weight excluding hydrogens is 238 g/mol. The Morgan fingerprint density at radius 3 is 3.00 bits per heavy atom. The van der Waals surface area contributed by atoms with E-state index in [0.29, 0.717) is 29.7 Å². The van der Waals surface area contributed by atoms with Crippen molar-refractivity contribution in [3.05, 3.63) is 33.7 Å². The van der Waals surface area contributed by atoms with Gasteiger partial charge in [0.2, 0.25) is 0 Å². The van der Waals surface area contributed by atoms with E-state index in [-0.39, 0.29) is 5.56 Å². The summed E-state index contributed by atoms with van der Waals surface area (Å²) in [6.45, 7) is 6.91. The van der Waals surface area contributed by atoms with E-state index in [1.54, 1.807) is 0 Å². The largest absolute Gasteiger partial charge is 0.376 e. The zero-order valence-electron chi connectivity index (χ0n) is 9.87. The maximum Gasteiger partial charge on any atom is 0.291 e. The topological polar surface area (TPSA) is 46.9 Å². The van der Waals surface area contributed by atoms with E-state index >= 15 is 0 Å². The van der Waals surface area contributed by atoms with Gasteiger partial charge in [0.15, 0.2) is 0 Å². The lowest BCUT2D eigenvalue weighted by Gasteiger charge is -2.10. The monoisotopic (exact) mass is 253 g/mol. The molecule has 5 heteroatoms. The third-order valence-electron chi connectivity index (χ3n) is 2.69. The third kappa shape index (κ3) is 3.09. The summed E-state index contributed by atoms with van der Waals surface area (Å²) in [5, 5.41) is 7.43. The molecule has 1 aromatic heterocycles. The smallest absolute Gasteiger partial charge is 0.291 e. The van der Waals surface area contributed by atoms with Crippen molar-refractivity contribution in [3.8, 4) is 0 Å². The fourth-order valence-corrected chi connectivity index (χ4v) is 1.73. The van der Waals surface area contributed by atoms with Gasteiger partial charge >= 0.3 is 0 Å². The minimum Gasteiger partial charge on any atom is -0.376 e. The summed E-state index contributed by atoms with van der Waals surface area (Å²) in [5.41, 5.74) is 1.22. The van der Waals surface area contributed by atoms with Crippen LogP contribution in [0.1, 0.15) is 19.8 Å². The molecule has 0 unspecified atom stereocenters. The second kappa shape index (κ2) is 4.92. The molecule has 0 atom stereocenters. The highest BCUT2D eigenvalue weighted by Crippen LogP contribution is 2.30. The molecule has 1 aromatic rings. The Hall–Kier alpha value is -1.29. The first-order valence-corrected chi connectivity index (χ1v) is 6.09. The fraction of sp³-hybridized carbons (Fsp3) is 0.500. The van der Waals surface area contributed by atoms with Crippen molar-refractivity contribution in [3.63, 3.8) is 0 Å². The molecule has 0 amide bonds. The molecule has 0 saturated heterocycles. The van der Waals surface area contributed by atoms with Gasteiger partial charge in [-0.3, -0.25) is 4.79 Å². The van der Waals surface area contributed by atoms with Crippen molar-refractivity contribution >= 4 is 17.3 Å². The van der Waals surface area contributed by atoms with Gasteiger partial charge < -0.3 is 5.32 Å². The molecule has 0 aliphatic heterocycles. The Balaban J connectivity index is 2.22. The van der Waals surface area contributed by atoms with Crippen LogP contribution in [0.3, 0.4) is 0 Å². The van der Waals surface area contributed by atoms with Gasteiger partial charge in [0.05, 0.1) is 11.2 Å². The molecule has 1 aliphatic carbocycles. The molecule has 0 radical (unpaired) electrons. The number of nitrogens with one attached hydrogen (secondary N) is 1. The Bertz CT molecular complexity index is 491. The summed E-state index contributed by atoms with van der Waals surface area (Å²) in [6.07, 6.45) is 3.89. The standard InChI is InChI=1S/C12H16ClN3O/c1-8(2)5-14-11-10(13)6-15-16(12(11)17)7-9-3-4-9/h6,9,14H,1,3-5,7H2,2H3. The molecule has 0 bridgehead atoms. The number of halogens is 1. The van der Waals surface area contributed by atoms with Crippen molar-refractivity contribution in [2.24, 2.45) is 5.92 Å². The Morgan fingerprint density at radius 2 is 2.41 bits per heavy atom. The van der Waals surface area contributed by atoms with E-state index in [2.05, 4.69) is 17.0 Å². The van der Waals surface area contributed by atoms with Gasteiger partial charge in [0.1, 0.15) is 5.69 Å². The van der Waals surface area contributed by atoms with Gasteiger partial charge in [0.25, 0.3) is 5.56 Å². The summed E-state index contributed by atoms with van der Waals surface area (Å²) < 4.78 is 1.49. The SMILES string of the molecule is C=C(C)CNc1c(Cl)cnn(CC2CC2)c1=O. The van der Waals surface area contributed by atoms with Crippen molar-refractivity contribution in [1.82, 2.24) is 9.78 Å². The summed E-state index contributed by atoms with van der Waals surface area (Å²) in [5.74, 6) is 0.607. The van der Waals surface area contributed by atoms with Crippen molar-refractivity contribution in [1.29, 1.82) is 0 Å². The van der Waals surface area contributed by atoms with Gasteiger partial charge in [-0.2, -0.15) is 5.10 Å². The minimum atomic E-state index is -0.148. The quantitative estimate of drug-likeness (QED) is 0.819. The van der Waals surface area contributed by atoms with E-state index in [1.807, 2.05) is 6.92 Å². The van der Waals surface area contributed by atoms with Crippen molar-refractivity contribution in [2.75, 3.05) is 11.9 Å². The van der Waals surface area contributed by atoms with Crippen LogP contribution >= 0.6 is 11.6 Å². The van der Waals surface area contributed by atoms with Crippen LogP contribution in [0, 0.1) is 5.92 Å². The highest BCUT2D eigenvalue weighted by Gasteiger charge is 2.23. The summed E-state index contributed by atoms with van der Waals surface area (Å²) in [7, 11) is 0. The normalized spacial score (nSPS) is 14.7. The number of aromatic nitrogens is 2. The van der Waals surface area contributed by atoms with Crippen LogP contribution in [0.4, 0.5) is 5.69 Å². The van der Waals surface area contributed by atoms with Crippen LogP contribution in [0.15, 0.2) is 23.1 Å². The molecule has 4 nitrogen and oxygen atoms in total. The summed E-state index contributed by atoms with van der Waals surface area (Å²) in [4.78, 5) is 12.1. The van der Waals surface area contributed by atoms with Crippen LogP contribution in [0.2, 0.25) is 5.02 Å². The maximum atomic E-state index is 12.1. The van der Waals surface area contributed by atoms with Crippen LogP contribution in [-0.2, 0) is 6.54 Å². The zero-order valence-corrected chi connectivity index (χ0v) is 10.6. The van der Waals surface area contributed by atoms with E-state index in [9.17, 15) is 4.79 Å². The second-order valence-corrected chi connectivity index (χ2v) is 5.02. The van der Waals surface area contributed by atoms with Gasteiger partial charge in [-0.25, -0.2) is 4.68 Å². The first-order valence-electron chi connectivity index (χ1n) is 5.72. The van der Waals surface area contributed by atoms with Gasteiger partial charge in [0, 0.05) is 13.1 Å². The molecule has 1 fully saturated rings. The lowest BCUT2D eigenvalue weighted by molar-refractivity contribution is 0.534. The number of rotatable bonds is 5. The van der Waals surface area contributed by atoms with E-state index < -0.39 is 0 Å². The molecular formula is C12H16ClN3O. The molecule has 17 heavy (non-hydrogen) atoms. The second-order valence-electron chi connectivity index (χ2n) is 4.61. The predicted octanol–water partition coefficient (Wildman–Crippen LogP) is 2.29. The highest BCUT2D eigenvalue weighted by molar-refractivity contribution is 6.33. The average Bonchev–Trinajstić information content (AvgIpc) is 3.05. The van der Waals surface area contributed by atoms with Crippen molar-refractivity contribution in [2.45, 2.75) is 26.3 Å². The summed E-state index contributed by atoms with van der Waals surface area (Å²) in [6, 6.07) is 0. The van der Waals surface area contributed by atoms with E-state index in [1.165, 1.54) is 23.7 Å². The molecule has 0 spiro atoms. The van der Waals surface area contributed by atoms with E-state index in [0.717, 1.165) is 5.57 Å². The molecule has 1 saturated carbocycles. The lowest BCUT2D eigenvalue weighted by Crippen LogP contribution is -2.27. The lowest BCUT2D eigenvalue weighted by atomic mass is 10.3. The Morgan fingerprint density at radius 1 is 1.71 bits per heavy atom. The van der Waals surface area contributed by atoms with E-state index in [4.69, 9.17) is 11.6 Å². The van der Waals surface area contributed by atoms with Crippen LogP contribution in [-0.4, -0.2) is 16.3 Å². The predicted molar refractivity (Wildman–Crippen MR) is 69.5 cm³/mol. The first kappa shape index (κ1) is 12.2. The van der Waals surface area contributed by atoms with Gasteiger partial charge in [-0.05, 0) is 25.7 Å². The van der Waals surface area contributed by atoms with Crippen molar-refractivity contribution < 1.29 is 0 Å². The number of hydrogen-bond donors (Lipinski definition) is 1. The maximum absolute atomic E-state index is 12.1. The Kier molecular flexibility index (Phi) is 3.52. The molecule has 0 aromatic carbocycles. The van der Waals surface area contributed by atoms with Crippen LogP contribution < -0.4 is 10.9 Å². The number of nitrogens with zero attached hydrogens (tertiary/aromatic N) is 2. The van der Waals surface area contributed by atoms with Gasteiger partial charge in [-0.15, -0.1) is 0 Å². The molecule has 92 valence electrons. The molecule has 1 N–H and O–H groups in total. The van der Waals surface area contributed by atoms with Crippen LogP contribution in [0.25, 0.3) is 0 Å². The van der Waals surface area contributed by atoms with Crippen LogP contribution in [0.5, 0.6) is 0 Å². The molecule has 2 rings (SSSR count). The minimum absolute atomic E-state index is 0.148. The number of hydrogen-bond acceptors (Lipinski definition) is 3. The first-order chi connectivity index (χ1) is 8.08. The highest BCUT2D eigenvalue weighted by atomic mass is 35.5. The third-order valence-corrected chi connectivity index (χ3v) is 2.98. The molecule has 1 aliphatic rings. The number of anilines is 1. The molecule has 1 heterocycles. The summed E-state index contributed by atoms with van der Waals surface area (Å²) >= 11 is 5.97.